The molecule has 1 aromatic rings. The highest BCUT2D eigenvalue weighted by Gasteiger charge is 1.95. The van der Waals surface area contributed by atoms with Crippen molar-refractivity contribution >= 4 is 6.08 Å². The van der Waals surface area contributed by atoms with E-state index in [1.807, 2.05) is 18.2 Å². The molecule has 12 heavy (non-hydrogen) atoms. The first-order valence-electron chi connectivity index (χ1n) is 4.09. The minimum absolute atomic E-state index is 0.905. The van der Waals surface area contributed by atoms with E-state index in [0.717, 1.165) is 24.1 Å². The van der Waals surface area contributed by atoms with E-state index >= 15 is 0 Å². The van der Waals surface area contributed by atoms with E-state index in [1.54, 1.807) is 7.11 Å². The summed E-state index contributed by atoms with van der Waals surface area (Å²) >= 11 is 0. The third-order valence-electron chi connectivity index (χ3n) is 2.01. The van der Waals surface area contributed by atoms with Gasteiger partial charge >= 0.3 is 0 Å². The lowest BCUT2D eigenvalue weighted by Gasteiger charge is -2.01. The van der Waals surface area contributed by atoms with Crippen molar-refractivity contribution in [2.45, 2.75) is 6.42 Å². The molecule has 0 saturated carbocycles. The third kappa shape index (κ3) is 1.20. The van der Waals surface area contributed by atoms with Crippen molar-refractivity contribution < 1.29 is 4.74 Å². The molecule has 0 radical (unpaired) electrons. The summed E-state index contributed by atoms with van der Waals surface area (Å²) in [6.45, 7) is 0.916. The number of rotatable bonds is 1. The van der Waals surface area contributed by atoms with Gasteiger partial charge in [0.2, 0.25) is 0 Å². The number of hydrogen-bond acceptors (Lipinski definition) is 2. The van der Waals surface area contributed by atoms with Gasteiger partial charge in [-0.15, -0.1) is 0 Å². The number of hydrogen-bond donors (Lipinski definition) is 0. The van der Waals surface area contributed by atoms with Crippen LogP contribution in [0.4, 0.5) is 0 Å². The predicted molar refractivity (Wildman–Crippen MR) is 47.7 cm³/mol. The van der Waals surface area contributed by atoms with Crippen LogP contribution in [0.1, 0.15) is 6.42 Å². The molecule has 0 saturated heterocycles. The van der Waals surface area contributed by atoms with Crippen molar-refractivity contribution in [1.82, 2.24) is 0 Å². The van der Waals surface area contributed by atoms with E-state index in [1.165, 1.54) is 5.22 Å². The molecule has 0 bridgehead atoms. The van der Waals surface area contributed by atoms with Crippen LogP contribution in [0.5, 0.6) is 5.75 Å². The first-order valence-corrected chi connectivity index (χ1v) is 4.09. The molecule has 0 fully saturated rings. The SMILES string of the molecule is COc1ccc2c(c1)=CCCN=2. The van der Waals surface area contributed by atoms with Crippen LogP contribution in [0.2, 0.25) is 0 Å². The zero-order valence-electron chi connectivity index (χ0n) is 7.08. The molecule has 1 aromatic carbocycles. The second-order valence-electron chi connectivity index (χ2n) is 2.80. The molecule has 62 valence electrons. The van der Waals surface area contributed by atoms with Gasteiger partial charge in [0.05, 0.1) is 12.5 Å². The first kappa shape index (κ1) is 7.35. The zero-order chi connectivity index (χ0) is 8.39. The zero-order valence-corrected chi connectivity index (χ0v) is 7.08. The van der Waals surface area contributed by atoms with Crippen molar-refractivity contribution in [2.24, 2.45) is 4.99 Å². The average molecular weight is 161 g/mol. The van der Waals surface area contributed by atoms with Crippen LogP contribution >= 0.6 is 0 Å². The monoisotopic (exact) mass is 161 g/mol. The Hall–Kier alpha value is -1.31. The Morgan fingerprint density at radius 3 is 3.17 bits per heavy atom. The molecule has 0 aliphatic carbocycles. The fraction of sp³-hybridized carbons (Fsp3) is 0.300. The molecule has 1 heterocycles. The van der Waals surface area contributed by atoms with E-state index in [4.69, 9.17) is 4.74 Å². The van der Waals surface area contributed by atoms with Gasteiger partial charge in [-0.1, -0.05) is 6.08 Å². The lowest BCUT2D eigenvalue weighted by atomic mass is 10.2. The Kier molecular flexibility index (Phi) is 1.82. The second-order valence-corrected chi connectivity index (χ2v) is 2.80. The van der Waals surface area contributed by atoms with Crippen LogP contribution in [0.3, 0.4) is 0 Å². The van der Waals surface area contributed by atoms with Crippen LogP contribution in [-0.4, -0.2) is 13.7 Å². The highest BCUT2D eigenvalue weighted by Crippen LogP contribution is 2.02. The molecule has 0 amide bonds. The number of ether oxygens (including phenoxy) is 1. The van der Waals surface area contributed by atoms with Gasteiger partial charge in [0.1, 0.15) is 5.75 Å². The molecular weight excluding hydrogens is 150 g/mol. The van der Waals surface area contributed by atoms with Crippen molar-refractivity contribution in [1.29, 1.82) is 0 Å². The summed E-state index contributed by atoms with van der Waals surface area (Å²) in [7, 11) is 1.68. The number of benzene rings is 1. The van der Waals surface area contributed by atoms with Gasteiger partial charge in [0, 0.05) is 6.54 Å². The van der Waals surface area contributed by atoms with Gasteiger partial charge in [0.15, 0.2) is 0 Å². The fourth-order valence-corrected chi connectivity index (χ4v) is 1.37. The highest BCUT2D eigenvalue weighted by atomic mass is 16.5. The van der Waals surface area contributed by atoms with E-state index in [9.17, 15) is 0 Å². The van der Waals surface area contributed by atoms with Crippen LogP contribution in [-0.2, 0) is 0 Å². The molecule has 0 atom stereocenters. The smallest absolute Gasteiger partial charge is 0.119 e. The summed E-state index contributed by atoms with van der Waals surface area (Å²) in [5.74, 6) is 0.905. The quantitative estimate of drug-likeness (QED) is 0.587. The largest absolute Gasteiger partial charge is 0.497 e. The van der Waals surface area contributed by atoms with Gasteiger partial charge in [-0.3, -0.25) is 4.99 Å². The van der Waals surface area contributed by atoms with Gasteiger partial charge in [0.25, 0.3) is 0 Å². The average Bonchev–Trinajstić information content (AvgIpc) is 2.17. The molecule has 0 spiro atoms. The minimum atomic E-state index is 0.905. The van der Waals surface area contributed by atoms with Crippen LogP contribution in [0, 0.1) is 0 Å². The number of nitrogens with zero attached hydrogens (tertiary/aromatic N) is 1. The van der Waals surface area contributed by atoms with Crippen LogP contribution in [0.15, 0.2) is 23.2 Å². The maximum absolute atomic E-state index is 5.12. The van der Waals surface area contributed by atoms with E-state index < -0.39 is 0 Å². The Morgan fingerprint density at radius 1 is 1.42 bits per heavy atom. The van der Waals surface area contributed by atoms with Gasteiger partial charge < -0.3 is 4.74 Å². The molecule has 0 N–H and O–H groups in total. The first-order chi connectivity index (χ1) is 5.90. The number of methoxy groups -OCH3 is 1. The second kappa shape index (κ2) is 2.97. The van der Waals surface area contributed by atoms with Crippen molar-refractivity contribution in [3.05, 3.63) is 28.8 Å². The summed E-state index contributed by atoms with van der Waals surface area (Å²) in [6.07, 6.45) is 3.24. The van der Waals surface area contributed by atoms with Crippen LogP contribution in [0.25, 0.3) is 6.08 Å². The standard InChI is InChI=1S/C10H11NO/c1-12-9-4-5-10-8(7-9)3-2-6-11-10/h3-5,7H,2,6H2,1H3. The summed E-state index contributed by atoms with van der Waals surface area (Å²) in [5.41, 5.74) is 0. The van der Waals surface area contributed by atoms with Crippen LogP contribution < -0.4 is 15.3 Å². The molecule has 2 rings (SSSR count). The van der Waals surface area contributed by atoms with Crippen molar-refractivity contribution in [2.75, 3.05) is 13.7 Å². The highest BCUT2D eigenvalue weighted by molar-refractivity contribution is 5.31. The lowest BCUT2D eigenvalue weighted by Crippen LogP contribution is -2.27. The predicted octanol–water partition coefficient (Wildman–Crippen LogP) is 0.499. The van der Waals surface area contributed by atoms with Crippen molar-refractivity contribution in [3.63, 3.8) is 0 Å². The molecule has 0 unspecified atom stereocenters. The lowest BCUT2D eigenvalue weighted by molar-refractivity contribution is 0.414. The van der Waals surface area contributed by atoms with E-state index in [0.29, 0.717) is 0 Å². The number of fused-ring (bicyclic) bond motifs is 1. The summed E-state index contributed by atoms with van der Waals surface area (Å²) in [5, 5.41) is 2.28. The van der Waals surface area contributed by atoms with E-state index in [2.05, 4.69) is 11.1 Å². The molecule has 1 aliphatic rings. The minimum Gasteiger partial charge on any atom is -0.497 e. The van der Waals surface area contributed by atoms with E-state index in [-0.39, 0.29) is 0 Å². The Labute approximate surface area is 71.2 Å². The fourth-order valence-electron chi connectivity index (χ4n) is 1.37. The molecular formula is C10H11NO. The summed E-state index contributed by atoms with van der Waals surface area (Å²) in [6, 6.07) is 5.98. The summed E-state index contributed by atoms with van der Waals surface area (Å²) < 4.78 is 5.12. The maximum Gasteiger partial charge on any atom is 0.119 e. The third-order valence-corrected chi connectivity index (χ3v) is 2.01. The maximum atomic E-state index is 5.12. The van der Waals surface area contributed by atoms with Gasteiger partial charge in [-0.05, 0) is 29.8 Å². The Morgan fingerprint density at radius 2 is 2.33 bits per heavy atom. The Balaban J connectivity index is 2.65. The van der Waals surface area contributed by atoms with Gasteiger partial charge in [-0.2, -0.15) is 0 Å². The Bertz CT molecular complexity index is 395. The molecule has 2 nitrogen and oxygen atoms in total. The topological polar surface area (TPSA) is 21.6 Å². The normalized spacial score (nSPS) is 14.1. The summed E-state index contributed by atoms with van der Waals surface area (Å²) in [4.78, 5) is 4.38. The molecule has 1 aliphatic heterocycles. The molecule has 2 heteroatoms. The van der Waals surface area contributed by atoms with Crippen molar-refractivity contribution in [3.8, 4) is 5.75 Å². The van der Waals surface area contributed by atoms with Gasteiger partial charge in [-0.25, -0.2) is 0 Å². The molecule has 0 aromatic heterocycles.